The summed E-state index contributed by atoms with van der Waals surface area (Å²) >= 11 is 0. The van der Waals surface area contributed by atoms with Crippen molar-refractivity contribution in [3.05, 3.63) is 231 Å². The van der Waals surface area contributed by atoms with Crippen LogP contribution in [0.15, 0.2) is 239 Å². The van der Waals surface area contributed by atoms with Gasteiger partial charge in [0.05, 0.1) is 16.4 Å². The topological polar surface area (TPSA) is 34.5 Å². The van der Waals surface area contributed by atoms with Gasteiger partial charge in [-0.2, -0.15) is 0 Å². The molecule has 3 heterocycles. The Bertz CT molecular complexity index is 3860. The average molecular weight is 819 g/mol. The van der Waals surface area contributed by atoms with E-state index in [4.69, 9.17) is 8.83 Å². The molecule has 0 unspecified atom stereocenters. The summed E-state index contributed by atoms with van der Waals surface area (Å²) in [7, 11) is 0. The Balaban J connectivity index is 0.849. The van der Waals surface area contributed by atoms with Gasteiger partial charge in [-0.1, -0.05) is 140 Å². The van der Waals surface area contributed by atoms with Crippen LogP contribution >= 0.6 is 0 Å². The van der Waals surface area contributed by atoms with Crippen LogP contribution in [0.5, 0.6) is 0 Å². The van der Waals surface area contributed by atoms with Gasteiger partial charge in [0.25, 0.3) is 0 Å². The third-order valence-electron chi connectivity index (χ3n) is 12.8. The highest BCUT2D eigenvalue weighted by Crippen LogP contribution is 2.42. The van der Waals surface area contributed by atoms with Crippen LogP contribution in [0.2, 0.25) is 0 Å². The monoisotopic (exact) mass is 818 g/mol. The molecule has 0 aliphatic heterocycles. The van der Waals surface area contributed by atoms with E-state index in [9.17, 15) is 0 Å². The maximum atomic E-state index is 6.53. The van der Waals surface area contributed by atoms with E-state index < -0.39 is 0 Å². The van der Waals surface area contributed by atoms with Gasteiger partial charge in [0.2, 0.25) is 0 Å². The molecule has 0 saturated carbocycles. The van der Waals surface area contributed by atoms with Crippen LogP contribution in [0, 0.1) is 0 Å². The Kier molecular flexibility index (Phi) is 8.18. The molecule has 13 rings (SSSR count). The maximum absolute atomic E-state index is 6.53. The zero-order valence-corrected chi connectivity index (χ0v) is 34.7. The first-order valence-electron chi connectivity index (χ1n) is 21.7. The summed E-state index contributed by atoms with van der Waals surface area (Å²) in [4.78, 5) is 2.33. The second-order valence-electron chi connectivity index (χ2n) is 16.5. The second kappa shape index (κ2) is 14.5. The number of aromatic nitrogens is 1. The zero-order chi connectivity index (χ0) is 42.1. The van der Waals surface area contributed by atoms with E-state index in [-0.39, 0.29) is 0 Å². The Hall–Kier alpha value is -8.60. The normalized spacial score (nSPS) is 11.8. The highest BCUT2D eigenvalue weighted by atomic mass is 16.3. The van der Waals surface area contributed by atoms with Gasteiger partial charge in [0.15, 0.2) is 0 Å². The van der Waals surface area contributed by atoms with Gasteiger partial charge in [0, 0.05) is 49.7 Å². The minimum Gasteiger partial charge on any atom is -0.456 e. The Labute approximate surface area is 369 Å². The number of anilines is 3. The molecule has 0 saturated heterocycles. The molecule has 3 aromatic heterocycles. The molecular weight excluding hydrogens is 781 g/mol. The summed E-state index contributed by atoms with van der Waals surface area (Å²) < 4.78 is 15.0. The summed E-state index contributed by atoms with van der Waals surface area (Å²) in [6.07, 6.45) is 0. The van der Waals surface area contributed by atoms with E-state index in [0.717, 1.165) is 105 Å². The van der Waals surface area contributed by atoms with E-state index in [1.54, 1.807) is 0 Å². The first-order chi connectivity index (χ1) is 31.7. The summed E-state index contributed by atoms with van der Waals surface area (Å²) in [5.74, 6) is 0. The number of benzene rings is 10. The molecule has 0 bridgehead atoms. The van der Waals surface area contributed by atoms with Crippen molar-refractivity contribution >= 4 is 82.7 Å². The molecule has 0 aliphatic carbocycles. The van der Waals surface area contributed by atoms with Crippen LogP contribution in [-0.2, 0) is 0 Å². The van der Waals surface area contributed by atoms with Gasteiger partial charge >= 0.3 is 0 Å². The van der Waals surface area contributed by atoms with Crippen molar-refractivity contribution in [2.45, 2.75) is 0 Å². The van der Waals surface area contributed by atoms with Crippen LogP contribution in [0.4, 0.5) is 17.1 Å². The van der Waals surface area contributed by atoms with E-state index in [2.05, 4.69) is 222 Å². The number of para-hydroxylation sites is 3. The lowest BCUT2D eigenvalue weighted by Gasteiger charge is -2.26. The number of nitrogens with zero attached hydrogens (tertiary/aromatic N) is 2. The van der Waals surface area contributed by atoms with Gasteiger partial charge in [-0.3, -0.25) is 0 Å². The second-order valence-corrected chi connectivity index (χ2v) is 16.5. The number of fused-ring (bicyclic) bond motifs is 10. The van der Waals surface area contributed by atoms with Crippen molar-refractivity contribution in [3.8, 4) is 39.1 Å². The molecule has 10 aromatic carbocycles. The number of rotatable bonds is 7. The standard InChI is InChI=1S/C60H38N2O2/c1-2-10-39(11-3-1)40-18-27-45(28-19-40)61(47-31-24-43(25-32-47)44-26-37-58-53(38-44)50-13-6-8-16-56(50)63-58)46-29-20-41(21-30-46)42-22-33-48(34-23-42)62-54-15-7-4-14-52(54)59-55(62)36-35-51-49-12-5-9-17-57(49)64-60(51)59/h1-38H. The quantitative estimate of drug-likeness (QED) is 0.161. The molecule has 4 heteroatoms. The smallest absolute Gasteiger partial charge is 0.145 e. The Morgan fingerprint density at radius 3 is 1.41 bits per heavy atom. The fourth-order valence-corrected chi connectivity index (χ4v) is 9.71. The van der Waals surface area contributed by atoms with E-state index in [1.165, 1.54) is 16.5 Å². The van der Waals surface area contributed by atoms with Crippen molar-refractivity contribution in [2.75, 3.05) is 4.90 Å². The summed E-state index contributed by atoms with van der Waals surface area (Å²) in [5, 5.41) is 6.86. The van der Waals surface area contributed by atoms with Gasteiger partial charge in [0.1, 0.15) is 22.3 Å². The van der Waals surface area contributed by atoms with Crippen molar-refractivity contribution in [3.63, 3.8) is 0 Å². The molecule has 300 valence electrons. The Morgan fingerprint density at radius 2 is 0.766 bits per heavy atom. The minimum absolute atomic E-state index is 0.902. The van der Waals surface area contributed by atoms with Gasteiger partial charge in [-0.15, -0.1) is 0 Å². The number of hydrogen-bond acceptors (Lipinski definition) is 3. The van der Waals surface area contributed by atoms with Crippen molar-refractivity contribution in [1.82, 2.24) is 4.57 Å². The average Bonchev–Trinajstić information content (AvgIpc) is 4.05. The molecule has 13 aromatic rings. The lowest BCUT2D eigenvalue weighted by molar-refractivity contribution is 0.669. The van der Waals surface area contributed by atoms with Crippen molar-refractivity contribution < 1.29 is 8.83 Å². The molecule has 0 atom stereocenters. The van der Waals surface area contributed by atoms with Gasteiger partial charge in [-0.05, 0) is 124 Å². The third kappa shape index (κ3) is 5.84. The molecule has 0 fully saturated rings. The van der Waals surface area contributed by atoms with E-state index >= 15 is 0 Å². The first kappa shape index (κ1) is 36.1. The lowest BCUT2D eigenvalue weighted by atomic mass is 10.0. The molecule has 64 heavy (non-hydrogen) atoms. The van der Waals surface area contributed by atoms with Crippen molar-refractivity contribution in [2.24, 2.45) is 0 Å². The van der Waals surface area contributed by atoms with E-state index in [0.29, 0.717) is 0 Å². The fraction of sp³-hybridized carbons (Fsp3) is 0. The summed E-state index contributed by atoms with van der Waals surface area (Å²) in [6.45, 7) is 0. The molecule has 0 aliphatic rings. The molecule has 0 radical (unpaired) electrons. The summed E-state index contributed by atoms with van der Waals surface area (Å²) in [5.41, 5.74) is 17.3. The van der Waals surface area contributed by atoms with Crippen molar-refractivity contribution in [1.29, 1.82) is 0 Å². The largest absolute Gasteiger partial charge is 0.456 e. The highest BCUT2D eigenvalue weighted by Gasteiger charge is 2.19. The van der Waals surface area contributed by atoms with Gasteiger partial charge < -0.3 is 18.3 Å². The molecule has 0 amide bonds. The van der Waals surface area contributed by atoms with Crippen LogP contribution in [0.3, 0.4) is 0 Å². The van der Waals surface area contributed by atoms with Crippen LogP contribution in [0.25, 0.3) is 105 Å². The van der Waals surface area contributed by atoms with Gasteiger partial charge in [-0.25, -0.2) is 0 Å². The van der Waals surface area contributed by atoms with Crippen LogP contribution < -0.4 is 4.90 Å². The first-order valence-corrected chi connectivity index (χ1v) is 21.7. The number of furan rings is 2. The van der Waals surface area contributed by atoms with E-state index in [1.807, 2.05) is 18.2 Å². The minimum atomic E-state index is 0.902. The number of hydrogen-bond donors (Lipinski definition) is 0. The fourth-order valence-electron chi connectivity index (χ4n) is 9.71. The van der Waals surface area contributed by atoms with Crippen LogP contribution in [0.1, 0.15) is 0 Å². The lowest BCUT2D eigenvalue weighted by Crippen LogP contribution is -2.09. The third-order valence-corrected chi connectivity index (χ3v) is 12.8. The molecule has 0 N–H and O–H groups in total. The van der Waals surface area contributed by atoms with Crippen LogP contribution in [-0.4, -0.2) is 4.57 Å². The SMILES string of the molecule is c1ccc(-c2ccc(N(c3ccc(-c4ccc(-n5c6ccccc6c6c7oc8ccccc8c7ccc65)cc4)cc3)c3ccc(-c4ccc5oc6ccccc6c5c4)cc3)cc2)cc1. The molecule has 4 nitrogen and oxygen atoms in total. The predicted molar refractivity (Wildman–Crippen MR) is 266 cm³/mol. The highest BCUT2D eigenvalue weighted by molar-refractivity contribution is 6.23. The predicted octanol–water partition coefficient (Wildman–Crippen LogP) is 17.1. The maximum Gasteiger partial charge on any atom is 0.145 e. The zero-order valence-electron chi connectivity index (χ0n) is 34.7. The molecule has 0 spiro atoms. The Morgan fingerprint density at radius 1 is 0.297 bits per heavy atom. The molecular formula is C60H38N2O2. The summed E-state index contributed by atoms with van der Waals surface area (Å²) in [6, 6.07) is 82.2.